The lowest BCUT2D eigenvalue weighted by Gasteiger charge is -2.23. The van der Waals surface area contributed by atoms with E-state index in [0.717, 1.165) is 0 Å². The number of esters is 1. The molecule has 1 saturated carbocycles. The highest BCUT2D eigenvalue weighted by Gasteiger charge is 2.47. The minimum absolute atomic E-state index is 0.114. The monoisotopic (exact) mass is 314 g/mol. The van der Waals surface area contributed by atoms with Crippen LogP contribution >= 0.6 is 0 Å². The van der Waals surface area contributed by atoms with Crippen LogP contribution in [0.25, 0.3) is 10.4 Å². The van der Waals surface area contributed by atoms with Crippen LogP contribution in [-0.4, -0.2) is 47.6 Å². The molecule has 0 bridgehead atoms. The first kappa shape index (κ1) is 18.1. The molecule has 0 saturated heterocycles. The predicted octanol–water partition coefficient (Wildman–Crippen LogP) is 1.50. The van der Waals surface area contributed by atoms with Gasteiger partial charge in [-0.3, -0.25) is 4.79 Å². The third kappa shape index (κ3) is 4.78. The molecule has 0 spiro atoms. The molecule has 4 atom stereocenters. The van der Waals surface area contributed by atoms with Gasteiger partial charge >= 0.3 is 12.1 Å². The standard InChI is InChI=1S/C13H22N4O5/c1-5-21-11(19)7-6-8(9(10(7)18)16-17-14)15-12(20)22-13(2,3)4/h7-10,18H,5-6H2,1-4H3,(H,15,20). The second-order valence-electron chi connectivity index (χ2n) is 6.03. The summed E-state index contributed by atoms with van der Waals surface area (Å²) in [5.74, 6) is -1.43. The Balaban J connectivity index is 2.81. The molecule has 9 nitrogen and oxygen atoms in total. The van der Waals surface area contributed by atoms with Crippen molar-refractivity contribution in [3.05, 3.63) is 10.4 Å². The number of aliphatic hydroxyl groups excluding tert-OH is 1. The van der Waals surface area contributed by atoms with Crippen molar-refractivity contribution in [1.29, 1.82) is 0 Å². The lowest BCUT2D eigenvalue weighted by molar-refractivity contribution is -0.151. The minimum atomic E-state index is -1.21. The Hall–Kier alpha value is -1.99. The van der Waals surface area contributed by atoms with E-state index < -0.39 is 41.8 Å². The zero-order valence-corrected chi connectivity index (χ0v) is 13.1. The highest BCUT2D eigenvalue weighted by Crippen LogP contribution is 2.30. The third-order valence-electron chi connectivity index (χ3n) is 3.16. The summed E-state index contributed by atoms with van der Waals surface area (Å²) in [4.78, 5) is 26.3. The van der Waals surface area contributed by atoms with Gasteiger partial charge in [0.2, 0.25) is 0 Å². The molecule has 2 N–H and O–H groups in total. The summed E-state index contributed by atoms with van der Waals surface area (Å²) in [6, 6.07) is -1.65. The maximum atomic E-state index is 11.8. The van der Waals surface area contributed by atoms with Gasteiger partial charge in [-0.05, 0) is 39.6 Å². The van der Waals surface area contributed by atoms with Crippen molar-refractivity contribution >= 4 is 12.1 Å². The molecule has 1 amide bonds. The largest absolute Gasteiger partial charge is 0.466 e. The Morgan fingerprint density at radius 3 is 2.59 bits per heavy atom. The van der Waals surface area contributed by atoms with Gasteiger partial charge in [0.05, 0.1) is 24.7 Å². The van der Waals surface area contributed by atoms with Gasteiger partial charge in [-0.15, -0.1) is 0 Å². The normalized spacial score (nSPS) is 27.7. The number of hydrogen-bond donors (Lipinski definition) is 2. The SMILES string of the molecule is CCOC(=O)C1CC(NC(=O)OC(C)(C)C)C(N=[N+]=[N-])C1O. The zero-order chi connectivity index (χ0) is 16.9. The molecule has 0 radical (unpaired) electrons. The van der Waals surface area contributed by atoms with Gasteiger partial charge in [0, 0.05) is 11.0 Å². The molecular weight excluding hydrogens is 292 g/mol. The van der Waals surface area contributed by atoms with E-state index in [9.17, 15) is 14.7 Å². The van der Waals surface area contributed by atoms with E-state index in [1.807, 2.05) is 0 Å². The number of alkyl carbamates (subject to hydrolysis) is 1. The van der Waals surface area contributed by atoms with Crippen LogP contribution in [0.4, 0.5) is 4.79 Å². The first-order valence-corrected chi connectivity index (χ1v) is 7.08. The fourth-order valence-corrected chi connectivity index (χ4v) is 2.33. The van der Waals surface area contributed by atoms with Crippen molar-refractivity contribution in [3.63, 3.8) is 0 Å². The van der Waals surface area contributed by atoms with E-state index in [2.05, 4.69) is 15.3 Å². The third-order valence-corrected chi connectivity index (χ3v) is 3.16. The predicted molar refractivity (Wildman–Crippen MR) is 76.8 cm³/mol. The molecule has 0 aromatic rings. The second kappa shape index (κ2) is 7.33. The number of hydrogen-bond acceptors (Lipinski definition) is 6. The van der Waals surface area contributed by atoms with Gasteiger partial charge in [0.1, 0.15) is 5.60 Å². The van der Waals surface area contributed by atoms with Gasteiger partial charge in [0.15, 0.2) is 0 Å². The van der Waals surface area contributed by atoms with Gasteiger partial charge in [-0.1, -0.05) is 5.11 Å². The second-order valence-corrected chi connectivity index (χ2v) is 6.03. The summed E-state index contributed by atoms with van der Waals surface area (Å²) < 4.78 is 10.0. The lowest BCUT2D eigenvalue weighted by atomic mass is 10.1. The number of azide groups is 1. The van der Waals surface area contributed by atoms with Gasteiger partial charge in [-0.25, -0.2) is 4.79 Å². The van der Waals surface area contributed by atoms with E-state index in [4.69, 9.17) is 15.0 Å². The van der Waals surface area contributed by atoms with Crippen LogP contribution in [0.5, 0.6) is 0 Å². The minimum Gasteiger partial charge on any atom is -0.466 e. The number of ether oxygens (including phenoxy) is 2. The summed E-state index contributed by atoms with van der Waals surface area (Å²) in [5.41, 5.74) is 7.91. The summed E-state index contributed by atoms with van der Waals surface area (Å²) in [5, 5.41) is 16.1. The number of rotatable bonds is 4. The molecule has 1 aliphatic rings. The number of amides is 1. The van der Waals surface area contributed by atoms with Crippen molar-refractivity contribution in [2.24, 2.45) is 11.0 Å². The fourth-order valence-electron chi connectivity index (χ4n) is 2.33. The van der Waals surface area contributed by atoms with Crippen molar-refractivity contribution in [3.8, 4) is 0 Å². The van der Waals surface area contributed by atoms with E-state index in [1.54, 1.807) is 27.7 Å². The molecule has 0 aromatic heterocycles. The maximum Gasteiger partial charge on any atom is 0.407 e. The molecule has 1 fully saturated rings. The zero-order valence-electron chi connectivity index (χ0n) is 13.1. The molecule has 124 valence electrons. The topological polar surface area (TPSA) is 134 Å². The molecule has 0 aliphatic heterocycles. The smallest absolute Gasteiger partial charge is 0.407 e. The van der Waals surface area contributed by atoms with Crippen molar-refractivity contribution in [1.82, 2.24) is 5.32 Å². The number of aliphatic hydroxyl groups is 1. The molecule has 0 aromatic carbocycles. The highest BCUT2D eigenvalue weighted by atomic mass is 16.6. The number of nitrogens with zero attached hydrogens (tertiary/aromatic N) is 3. The van der Waals surface area contributed by atoms with Crippen LogP contribution in [0, 0.1) is 5.92 Å². The highest BCUT2D eigenvalue weighted by molar-refractivity contribution is 5.74. The van der Waals surface area contributed by atoms with Gasteiger partial charge in [0.25, 0.3) is 0 Å². The molecular formula is C13H22N4O5. The van der Waals surface area contributed by atoms with Crippen LogP contribution < -0.4 is 5.32 Å². The number of carbonyl (C=O) groups excluding carboxylic acids is 2. The van der Waals surface area contributed by atoms with Gasteiger partial charge in [-0.2, -0.15) is 0 Å². The number of carbonyl (C=O) groups is 2. The van der Waals surface area contributed by atoms with Crippen LogP contribution in [-0.2, 0) is 14.3 Å². The fraction of sp³-hybridized carbons (Fsp3) is 0.846. The molecule has 22 heavy (non-hydrogen) atoms. The molecule has 0 heterocycles. The van der Waals surface area contributed by atoms with E-state index >= 15 is 0 Å². The number of nitrogens with one attached hydrogen (secondary N) is 1. The van der Waals surface area contributed by atoms with Crippen molar-refractivity contribution in [2.75, 3.05) is 6.61 Å². The Labute approximate surface area is 128 Å². The average Bonchev–Trinajstić information content (AvgIpc) is 2.66. The first-order valence-electron chi connectivity index (χ1n) is 7.08. The maximum absolute atomic E-state index is 11.8. The molecule has 1 aliphatic carbocycles. The summed E-state index contributed by atoms with van der Waals surface area (Å²) >= 11 is 0. The Morgan fingerprint density at radius 1 is 1.45 bits per heavy atom. The lowest BCUT2D eigenvalue weighted by Crippen LogP contribution is -2.44. The van der Waals surface area contributed by atoms with E-state index in [1.165, 1.54) is 0 Å². The quantitative estimate of drug-likeness (QED) is 0.351. The van der Waals surface area contributed by atoms with Crippen LogP contribution in [0.15, 0.2) is 5.11 Å². The molecule has 9 heteroatoms. The summed E-state index contributed by atoms with van der Waals surface area (Å²) in [7, 11) is 0. The Bertz CT molecular complexity index is 470. The Morgan fingerprint density at radius 2 is 2.09 bits per heavy atom. The summed E-state index contributed by atoms with van der Waals surface area (Å²) in [6.07, 6.45) is -1.80. The van der Waals surface area contributed by atoms with Crippen molar-refractivity contribution in [2.45, 2.75) is 57.9 Å². The first-order chi connectivity index (χ1) is 10.2. The van der Waals surface area contributed by atoms with Crippen LogP contribution in [0.3, 0.4) is 0 Å². The average molecular weight is 314 g/mol. The van der Waals surface area contributed by atoms with E-state index in [-0.39, 0.29) is 13.0 Å². The van der Waals surface area contributed by atoms with Gasteiger partial charge < -0.3 is 19.9 Å². The van der Waals surface area contributed by atoms with Crippen LogP contribution in [0.2, 0.25) is 0 Å². The molecule has 4 unspecified atom stereocenters. The van der Waals surface area contributed by atoms with Crippen molar-refractivity contribution < 1.29 is 24.2 Å². The molecule has 1 rings (SSSR count). The summed E-state index contributed by atoms with van der Waals surface area (Å²) in [6.45, 7) is 6.96. The van der Waals surface area contributed by atoms with Crippen LogP contribution in [0.1, 0.15) is 34.1 Å². The Kier molecular flexibility index (Phi) is 6.01. The van der Waals surface area contributed by atoms with E-state index in [0.29, 0.717) is 0 Å².